The first-order valence-electron chi connectivity index (χ1n) is 8.89. The number of hydrogen-bond acceptors (Lipinski definition) is 5. The van der Waals surface area contributed by atoms with E-state index in [1.165, 1.54) is 0 Å². The predicted molar refractivity (Wildman–Crippen MR) is 104 cm³/mol. The quantitative estimate of drug-likeness (QED) is 0.746. The lowest BCUT2D eigenvalue weighted by Crippen LogP contribution is -2.26. The summed E-state index contributed by atoms with van der Waals surface area (Å²) in [5.41, 5.74) is 8.78. The van der Waals surface area contributed by atoms with Crippen molar-refractivity contribution in [1.29, 1.82) is 0 Å². The number of amides is 1. The molecule has 7 nitrogen and oxygen atoms in total. The number of benzene rings is 1. The van der Waals surface area contributed by atoms with Gasteiger partial charge in [-0.05, 0) is 5.56 Å². The molecule has 1 aliphatic rings. The Labute approximate surface area is 157 Å². The van der Waals surface area contributed by atoms with E-state index < -0.39 is 0 Å². The van der Waals surface area contributed by atoms with Crippen molar-refractivity contribution in [2.24, 2.45) is 0 Å². The molecule has 0 saturated heterocycles. The number of carbonyl (C=O) groups is 1. The van der Waals surface area contributed by atoms with Crippen LogP contribution >= 0.6 is 0 Å². The molecule has 2 aromatic heterocycles. The van der Waals surface area contributed by atoms with Gasteiger partial charge in [-0.2, -0.15) is 0 Å². The molecule has 7 heteroatoms. The number of aromatic amines is 1. The lowest BCUT2D eigenvalue weighted by Gasteiger charge is -2.17. The summed E-state index contributed by atoms with van der Waals surface area (Å²) in [7, 11) is 0. The second-order valence-electron chi connectivity index (χ2n) is 7.77. The second kappa shape index (κ2) is 6.19. The van der Waals surface area contributed by atoms with Gasteiger partial charge in [-0.3, -0.25) is 9.69 Å². The minimum atomic E-state index is -0.0666. The first-order chi connectivity index (χ1) is 12.8. The molecule has 0 radical (unpaired) electrons. The van der Waals surface area contributed by atoms with Crippen molar-refractivity contribution in [1.82, 2.24) is 19.9 Å². The molecule has 3 aromatic rings. The van der Waals surface area contributed by atoms with E-state index in [1.54, 1.807) is 11.1 Å². The molecule has 138 valence electrons. The van der Waals surface area contributed by atoms with Gasteiger partial charge in [0, 0.05) is 22.9 Å². The zero-order valence-electron chi connectivity index (χ0n) is 15.7. The molecule has 1 aromatic carbocycles. The number of imidazole rings is 1. The van der Waals surface area contributed by atoms with Gasteiger partial charge >= 0.3 is 0 Å². The number of nitrogens with two attached hydrogens (primary N) is 1. The Morgan fingerprint density at radius 1 is 1.19 bits per heavy atom. The number of rotatable bonds is 3. The van der Waals surface area contributed by atoms with Crippen LogP contribution in [0.2, 0.25) is 0 Å². The second-order valence-corrected chi connectivity index (χ2v) is 7.77. The summed E-state index contributed by atoms with van der Waals surface area (Å²) >= 11 is 0. The fraction of sp³-hybridized carbons (Fsp3) is 0.300. The Bertz CT molecular complexity index is 1000. The topological polar surface area (TPSA) is 101 Å². The number of anilines is 2. The summed E-state index contributed by atoms with van der Waals surface area (Å²) in [5.74, 6) is 1.82. The maximum absolute atomic E-state index is 12.6. The van der Waals surface area contributed by atoms with Crippen LogP contribution in [0.3, 0.4) is 0 Å². The Morgan fingerprint density at radius 3 is 2.59 bits per heavy atom. The number of nitrogen functional groups attached to an aromatic ring is 1. The zero-order chi connectivity index (χ0) is 19.2. The third kappa shape index (κ3) is 3.16. The van der Waals surface area contributed by atoms with Crippen molar-refractivity contribution in [3.8, 4) is 11.6 Å². The van der Waals surface area contributed by atoms with E-state index in [2.05, 4.69) is 40.7 Å². The highest BCUT2D eigenvalue weighted by molar-refractivity contribution is 6.01. The van der Waals surface area contributed by atoms with Crippen LogP contribution in [0.15, 0.2) is 36.5 Å². The molecule has 0 unspecified atom stereocenters. The average molecular weight is 362 g/mol. The maximum Gasteiger partial charge on any atom is 0.233 e. The molecule has 0 saturated carbocycles. The number of fused-ring (bicyclic) bond motifs is 1. The van der Waals surface area contributed by atoms with Crippen molar-refractivity contribution in [3.05, 3.63) is 53.3 Å². The van der Waals surface area contributed by atoms with E-state index in [4.69, 9.17) is 5.73 Å². The van der Waals surface area contributed by atoms with Crippen LogP contribution < -0.4 is 10.6 Å². The van der Waals surface area contributed by atoms with Gasteiger partial charge in [-0.15, -0.1) is 0 Å². The van der Waals surface area contributed by atoms with Crippen LogP contribution in [-0.4, -0.2) is 25.8 Å². The van der Waals surface area contributed by atoms with Crippen molar-refractivity contribution in [2.75, 3.05) is 10.6 Å². The van der Waals surface area contributed by atoms with E-state index in [0.717, 1.165) is 11.3 Å². The highest BCUT2D eigenvalue weighted by Gasteiger charge is 2.32. The minimum absolute atomic E-state index is 0.0261. The molecule has 0 bridgehead atoms. The van der Waals surface area contributed by atoms with E-state index in [-0.39, 0.29) is 17.7 Å². The molecule has 4 rings (SSSR count). The maximum atomic E-state index is 12.6. The number of nitrogens with one attached hydrogen (secondary N) is 1. The third-order valence-electron chi connectivity index (χ3n) is 4.68. The van der Waals surface area contributed by atoms with Gasteiger partial charge < -0.3 is 10.7 Å². The fourth-order valence-corrected chi connectivity index (χ4v) is 3.10. The normalized spacial score (nSPS) is 13.9. The third-order valence-corrected chi connectivity index (χ3v) is 4.68. The molecule has 0 spiro atoms. The van der Waals surface area contributed by atoms with Crippen LogP contribution in [-0.2, 0) is 23.2 Å². The van der Waals surface area contributed by atoms with Crippen molar-refractivity contribution >= 4 is 17.5 Å². The van der Waals surface area contributed by atoms with Crippen molar-refractivity contribution in [3.63, 3.8) is 0 Å². The SMILES string of the molecule is CC(C)(C)c1cnc(-c2nc(N)c3c(n2)N(Cc2ccccc2)C(=O)C3)[nH]1. The highest BCUT2D eigenvalue weighted by Crippen LogP contribution is 2.33. The van der Waals surface area contributed by atoms with Gasteiger partial charge in [0.1, 0.15) is 11.6 Å². The van der Waals surface area contributed by atoms with Crippen LogP contribution in [0, 0.1) is 0 Å². The van der Waals surface area contributed by atoms with Crippen LogP contribution in [0.1, 0.15) is 37.6 Å². The Kier molecular flexibility index (Phi) is 3.95. The molecular formula is C20H22N6O. The predicted octanol–water partition coefficient (Wildman–Crippen LogP) is 2.84. The standard InChI is InChI=1S/C20H22N6O/c1-20(2,3)14-10-22-17(23-14)18-24-16(21)13-9-15(27)26(19(13)25-18)11-12-7-5-4-6-8-12/h4-8,10H,9,11H2,1-3H3,(H,22,23)(H2,21,24,25). The molecule has 3 N–H and O–H groups in total. The fourth-order valence-electron chi connectivity index (χ4n) is 3.10. The monoisotopic (exact) mass is 362 g/mol. The number of carbonyl (C=O) groups excluding carboxylic acids is 1. The number of H-pyrrole nitrogens is 1. The molecule has 0 atom stereocenters. The lowest BCUT2D eigenvalue weighted by molar-refractivity contribution is -0.117. The van der Waals surface area contributed by atoms with Crippen molar-refractivity contribution in [2.45, 2.75) is 39.2 Å². The molecular weight excluding hydrogens is 340 g/mol. The average Bonchev–Trinajstić information content (AvgIpc) is 3.23. The van der Waals surface area contributed by atoms with Crippen LogP contribution in [0.4, 0.5) is 11.6 Å². The number of hydrogen-bond donors (Lipinski definition) is 2. The summed E-state index contributed by atoms with van der Waals surface area (Å²) in [5, 5.41) is 0. The molecule has 0 aliphatic carbocycles. The summed E-state index contributed by atoms with van der Waals surface area (Å²) in [4.78, 5) is 30.9. The van der Waals surface area contributed by atoms with E-state index in [9.17, 15) is 4.79 Å². The summed E-state index contributed by atoms with van der Waals surface area (Å²) in [6.45, 7) is 6.75. The van der Waals surface area contributed by atoms with Gasteiger partial charge in [0.05, 0.1) is 13.0 Å². The summed E-state index contributed by atoms with van der Waals surface area (Å²) in [6.07, 6.45) is 2.01. The summed E-state index contributed by atoms with van der Waals surface area (Å²) < 4.78 is 0. The largest absolute Gasteiger partial charge is 0.383 e. The first-order valence-corrected chi connectivity index (χ1v) is 8.89. The molecule has 0 fully saturated rings. The Morgan fingerprint density at radius 2 is 1.93 bits per heavy atom. The first kappa shape index (κ1) is 17.2. The molecule has 3 heterocycles. The minimum Gasteiger partial charge on any atom is -0.383 e. The van der Waals surface area contributed by atoms with Gasteiger partial charge in [-0.25, -0.2) is 15.0 Å². The lowest BCUT2D eigenvalue weighted by atomic mass is 9.93. The molecule has 1 amide bonds. The highest BCUT2D eigenvalue weighted by atomic mass is 16.2. The van der Waals surface area contributed by atoms with Gasteiger partial charge in [-0.1, -0.05) is 51.1 Å². The molecule has 1 aliphatic heterocycles. The summed E-state index contributed by atoms with van der Waals surface area (Å²) in [6, 6.07) is 9.82. The Hall–Kier alpha value is -3.22. The van der Waals surface area contributed by atoms with Crippen LogP contribution in [0.5, 0.6) is 0 Å². The molecule has 27 heavy (non-hydrogen) atoms. The zero-order valence-corrected chi connectivity index (χ0v) is 15.7. The number of aromatic nitrogens is 4. The van der Waals surface area contributed by atoms with Crippen molar-refractivity contribution < 1.29 is 4.79 Å². The van der Waals surface area contributed by atoms with Gasteiger partial charge in [0.25, 0.3) is 0 Å². The van der Waals surface area contributed by atoms with Gasteiger partial charge in [0.2, 0.25) is 5.91 Å². The smallest absolute Gasteiger partial charge is 0.233 e. The van der Waals surface area contributed by atoms with E-state index >= 15 is 0 Å². The Balaban J connectivity index is 1.73. The van der Waals surface area contributed by atoms with E-state index in [1.807, 2.05) is 30.3 Å². The van der Waals surface area contributed by atoms with E-state index in [0.29, 0.717) is 35.4 Å². The van der Waals surface area contributed by atoms with Gasteiger partial charge in [0.15, 0.2) is 11.6 Å². The number of nitrogens with zero attached hydrogens (tertiary/aromatic N) is 4. The van der Waals surface area contributed by atoms with Crippen LogP contribution in [0.25, 0.3) is 11.6 Å².